The number of aryl methyl sites for hydroxylation is 10. The van der Waals surface area contributed by atoms with E-state index in [9.17, 15) is 17.2 Å². The van der Waals surface area contributed by atoms with Crippen LogP contribution >= 0.6 is 52.6 Å². The zero-order valence-electron chi connectivity index (χ0n) is 84.5. The van der Waals surface area contributed by atoms with Crippen LogP contribution in [0.3, 0.4) is 0 Å². The van der Waals surface area contributed by atoms with Gasteiger partial charge in [0.05, 0.1) is 170 Å². The molecule has 17 aromatic rings. The molecule has 0 bridgehead atoms. The highest BCUT2D eigenvalue weighted by molar-refractivity contribution is 8.68. The summed E-state index contributed by atoms with van der Waals surface area (Å²) >= 11 is 2.58. The van der Waals surface area contributed by atoms with Crippen molar-refractivity contribution in [1.29, 1.82) is 0 Å². The fourth-order valence-corrected chi connectivity index (χ4v) is 25.1. The maximum Gasteiger partial charge on any atom is 1.00 e. The summed E-state index contributed by atoms with van der Waals surface area (Å²) in [6.45, 7) is 32.4. The highest BCUT2D eigenvalue weighted by atomic mass is 33.1. The smallest absolute Gasteiger partial charge is 0.497 e. The number of hydrogen-bond acceptors (Lipinski definition) is 23. The number of aromatic amines is 4. The lowest BCUT2D eigenvalue weighted by Gasteiger charge is -2.19. The normalized spacial score (nSPS) is 13.9. The quantitative estimate of drug-likeness (QED) is 0.0152. The number of pyridine rings is 6. The van der Waals surface area contributed by atoms with E-state index in [0.29, 0.717) is 40.1 Å². The molecule has 0 aliphatic carbocycles. The van der Waals surface area contributed by atoms with Crippen molar-refractivity contribution in [2.45, 2.75) is 156 Å². The van der Waals surface area contributed by atoms with E-state index in [1.165, 1.54) is 44.3 Å². The summed E-state index contributed by atoms with van der Waals surface area (Å²) in [5, 5.41) is 6.57. The summed E-state index contributed by atoms with van der Waals surface area (Å²) in [6.07, 6.45) is 11.9. The first-order valence-electron chi connectivity index (χ1n) is 44.9. The number of hydrogen-bond donors (Lipinski definition) is 7. The lowest BCUT2D eigenvalue weighted by molar-refractivity contribution is -0.727. The maximum absolute atomic E-state index is 13.9. The number of benzene rings is 6. The third-order valence-corrected chi connectivity index (χ3v) is 31.9. The molecule has 0 radical (unpaired) electrons. The Bertz CT molecular complexity index is 7750. The van der Waals surface area contributed by atoms with Gasteiger partial charge in [-0.2, -0.15) is 3.97 Å². The summed E-state index contributed by atoms with van der Waals surface area (Å²) in [5.74, 6) is 12.4. The molecule has 738 valence electrons. The number of rotatable bonds is 21. The van der Waals surface area contributed by atoms with Gasteiger partial charge in [0.25, 0.3) is 0 Å². The van der Waals surface area contributed by atoms with Crippen molar-refractivity contribution in [2.75, 3.05) is 67.5 Å². The molecule has 141 heavy (non-hydrogen) atoms. The lowest BCUT2D eigenvalue weighted by Crippen LogP contribution is -2.63. The number of methoxy groups -OCH3 is 8. The number of fused-ring (bicyclic) bond motifs is 12. The van der Waals surface area contributed by atoms with E-state index in [0.717, 1.165) is 232 Å². The topological polar surface area (TPSA) is 366 Å². The molecule has 31 nitrogen and oxygen atoms in total. The minimum absolute atomic E-state index is 0. The molecule has 3 aliphatic rings. The number of H-pyrrole nitrogens is 4. The van der Waals surface area contributed by atoms with E-state index < -0.39 is 36.5 Å². The van der Waals surface area contributed by atoms with Gasteiger partial charge >= 0.3 is 30.3 Å². The van der Waals surface area contributed by atoms with Gasteiger partial charge in [0.15, 0.2) is 38.9 Å². The standard InChI is InChI=1S/C34H38N6O5S2.C17H20N3O2S.2C17H19N3O2S.C17H18N3OS.H2O.H4P2/c1-19-15-39(33-35-25-11-9-23(42-5)13-27(25)37-33)29(21(3)31(19)44-7)17-46-47(41)18-30-22(4)32(45-8)20(2)16-40(30)34-36-26-12-10-24(43-6)14-28(26)38-34;1-10-5-6-13-14(7-10)19-17(18-13)20-8-11(2)16(22-4)12(3)15(20)9-23(17)21;1-10-5-6-13-14(7-10)19-17(18-13)20-8-11(2)16(22-4)12(3)15(20)9-23-21;1-10-5-6-13-14(7-10)20-17(19-13)23(21)9-15-12(3)16(22-4)11(2)8-18-15;1-10-5-6-14-13(7-10)18-17-19-8-11(2)16(21-4)12(3)15(19)9-22-20(14)17;;1-2/h9-16H,17-18H2,1-8H3,(H,35,37)(H,36,38);5-8,18-19H,9H2,1-4H3;5-8H,9H2,1-4H3,(H-,18,19,21);5-8H,9H2,1-4H3,(H,19,20);5-8H,9H2,1-4H3;1H2;1-2H2/q+2;+1;;;+1;;/p+2. The van der Waals surface area contributed by atoms with Crippen LogP contribution in [-0.2, 0) is 71.1 Å². The Morgan fingerprint density at radius 3 is 1.40 bits per heavy atom. The summed E-state index contributed by atoms with van der Waals surface area (Å²) in [5.41, 5.74) is 33.8. The first-order valence-corrected chi connectivity index (χ1v) is 54.9. The predicted molar refractivity (Wildman–Crippen MR) is 571 cm³/mol. The van der Waals surface area contributed by atoms with E-state index in [1.54, 1.807) is 75.0 Å². The molecule has 9 N–H and O–H groups in total. The Hall–Kier alpha value is -12.2. The minimum atomic E-state index is -1.33. The molecular formula is C102H122N18O13P2S6+6. The average molecular weight is 2060 g/mol. The second-order valence-corrected chi connectivity index (χ2v) is 42.0. The maximum atomic E-state index is 13.9. The molecule has 0 saturated carbocycles. The van der Waals surface area contributed by atoms with Crippen molar-refractivity contribution in [3.63, 3.8) is 0 Å². The van der Waals surface area contributed by atoms with Gasteiger partial charge in [-0.15, -0.1) is 22.4 Å². The van der Waals surface area contributed by atoms with Crippen LogP contribution in [0.2, 0.25) is 0 Å². The molecule has 20 rings (SSSR count). The van der Waals surface area contributed by atoms with Gasteiger partial charge in [-0.25, -0.2) is 46.6 Å². The zero-order valence-corrected chi connectivity index (χ0v) is 90.7. The van der Waals surface area contributed by atoms with Crippen LogP contribution in [0.25, 0.3) is 79.0 Å². The second kappa shape index (κ2) is 44.6. The van der Waals surface area contributed by atoms with Crippen molar-refractivity contribution < 1.29 is 84.8 Å². The highest BCUT2D eigenvalue weighted by Gasteiger charge is 2.59. The Labute approximate surface area is 845 Å². The molecule has 6 aromatic carbocycles. The Kier molecular flexibility index (Phi) is 33.1. The summed E-state index contributed by atoms with van der Waals surface area (Å²) in [6, 6.07) is 36.1. The van der Waals surface area contributed by atoms with Gasteiger partial charge in [-0.05, 0) is 218 Å². The van der Waals surface area contributed by atoms with Crippen molar-refractivity contribution in [3.05, 3.63) is 270 Å². The highest BCUT2D eigenvalue weighted by Crippen LogP contribution is 2.43. The van der Waals surface area contributed by atoms with Crippen LogP contribution in [-0.4, -0.2) is 133 Å². The molecule has 3 aliphatic heterocycles. The van der Waals surface area contributed by atoms with Crippen LogP contribution in [0, 0.1) is 111 Å². The number of nitrogens with one attached hydrogen (secondary N) is 6. The number of nitrogens with zero attached hydrogens (tertiary/aromatic N) is 12. The van der Waals surface area contributed by atoms with Gasteiger partial charge in [0, 0.05) is 85.9 Å². The van der Waals surface area contributed by atoms with Gasteiger partial charge in [0.2, 0.25) is 5.69 Å². The van der Waals surface area contributed by atoms with Crippen molar-refractivity contribution >= 4 is 151 Å². The van der Waals surface area contributed by atoms with E-state index in [-0.39, 0.29) is 12.7 Å². The van der Waals surface area contributed by atoms with Crippen LogP contribution in [0.4, 0.5) is 11.4 Å². The van der Waals surface area contributed by atoms with Crippen LogP contribution < -0.4 is 71.4 Å². The number of anilines is 2. The molecule has 0 fully saturated rings. The van der Waals surface area contributed by atoms with Gasteiger partial charge < -0.3 is 52.9 Å². The number of imidazole rings is 5. The third-order valence-electron chi connectivity index (χ3n) is 25.1. The van der Waals surface area contributed by atoms with Crippen LogP contribution in [0.15, 0.2) is 152 Å². The first-order chi connectivity index (χ1) is 67.2. The SMILES string of the molecule is COc1c(C)c[n+](-c2nc3ccc(C)cc3[nH]2)c(CSO)c1C.COc1c(C)c[n+]2c(c1C)CS(=O)C21Nc2ccc(C)cc2N1.COc1c(C)c[n+]2c(c1C)CSn1c-2nc2cc(C)ccc21.COc1c(C)cnc(CS(=O)c2nc3ccc(C)cc3[nH]2)c1C.COc1ccc2nc(-[n+]3cc(C)c(OC)c(C)c3CSS(=O)Cc3c(C)c(OC)c(C)c[n+]3-c3nc4ccc(OC)cc4[nH]3)[nH]c2c1.O.PP.[H+]. The molecule has 6 unspecified atom stereocenters. The molecule has 0 amide bonds. The van der Waals surface area contributed by atoms with E-state index in [4.69, 9.17) is 52.8 Å². The van der Waals surface area contributed by atoms with Crippen LogP contribution in [0.1, 0.15) is 125 Å². The van der Waals surface area contributed by atoms with Crippen molar-refractivity contribution in [2.24, 2.45) is 0 Å². The Morgan fingerprint density at radius 1 is 0.454 bits per heavy atom. The summed E-state index contributed by atoms with van der Waals surface area (Å²) in [7, 11) is 15.6. The Morgan fingerprint density at radius 2 is 0.879 bits per heavy atom. The monoisotopic (exact) mass is 2060 g/mol. The average Bonchev–Trinajstić information content (AvgIpc) is 1.54. The molecule has 14 heterocycles. The van der Waals surface area contributed by atoms with Crippen molar-refractivity contribution in [3.8, 4) is 69.8 Å². The molecule has 1 spiro atoms. The fourth-order valence-electron chi connectivity index (χ4n) is 18.2. The van der Waals surface area contributed by atoms with Crippen molar-refractivity contribution in [1.82, 2.24) is 53.8 Å². The van der Waals surface area contributed by atoms with Crippen LogP contribution in [0.5, 0.6) is 46.0 Å². The van der Waals surface area contributed by atoms with E-state index in [1.807, 2.05) is 187 Å². The zero-order chi connectivity index (χ0) is 100. The van der Waals surface area contributed by atoms with E-state index in [2.05, 4.69) is 154 Å². The van der Waals surface area contributed by atoms with Gasteiger partial charge in [-0.1, -0.05) is 55.0 Å². The number of ether oxygens (including phenoxy) is 8. The molecule has 39 heteroatoms. The largest absolute Gasteiger partial charge is 1.00 e. The minimum Gasteiger partial charge on any atom is -0.497 e. The third kappa shape index (κ3) is 21.1. The first kappa shape index (κ1) is 105. The summed E-state index contributed by atoms with van der Waals surface area (Å²) < 4.78 is 106. The molecular weight excluding hydrogens is 1940 g/mol. The molecule has 11 aromatic heterocycles. The van der Waals surface area contributed by atoms with Gasteiger partial charge in [0.1, 0.15) is 102 Å². The Balaban J connectivity index is 0.000000154. The van der Waals surface area contributed by atoms with Gasteiger partial charge in [-0.3, -0.25) is 19.8 Å². The fraction of sp³-hybridized carbons (Fsp3) is 0.304. The molecule has 6 atom stereocenters. The van der Waals surface area contributed by atoms with E-state index >= 15 is 0 Å². The number of aromatic nitrogens is 16. The lowest BCUT2D eigenvalue weighted by atomic mass is 10.1. The molecule has 0 saturated heterocycles. The second-order valence-electron chi connectivity index (χ2n) is 34.4. The summed E-state index contributed by atoms with van der Waals surface area (Å²) in [4.78, 5) is 41.4. The predicted octanol–water partition coefficient (Wildman–Crippen LogP) is 17.5.